The predicted octanol–water partition coefficient (Wildman–Crippen LogP) is -1.53. The lowest BCUT2D eigenvalue weighted by atomic mass is 10.0. The Labute approximate surface area is 87.0 Å². The fraction of sp³-hybridized carbons (Fsp3) is 0.556. The van der Waals surface area contributed by atoms with Crippen LogP contribution < -0.4 is 10.6 Å². The molecule has 15 heavy (non-hydrogen) atoms. The number of hydrogen-bond donors (Lipinski definition) is 4. The molecule has 0 bridgehead atoms. The summed E-state index contributed by atoms with van der Waals surface area (Å²) in [5.74, 6) is -1.68. The van der Waals surface area contributed by atoms with E-state index in [1.165, 1.54) is 0 Å². The van der Waals surface area contributed by atoms with E-state index in [4.69, 9.17) is 10.2 Å². The molecule has 0 aromatic carbocycles. The molecule has 1 fully saturated rings. The van der Waals surface area contributed by atoms with Gasteiger partial charge in [0.05, 0.1) is 6.61 Å². The maximum absolute atomic E-state index is 11.5. The van der Waals surface area contributed by atoms with E-state index in [9.17, 15) is 9.59 Å². The fourth-order valence-electron chi connectivity index (χ4n) is 1.13. The molecule has 0 spiro atoms. The van der Waals surface area contributed by atoms with Crippen LogP contribution in [0.15, 0.2) is 11.1 Å². The van der Waals surface area contributed by atoms with Gasteiger partial charge in [0, 0.05) is 18.7 Å². The predicted molar refractivity (Wildman–Crippen MR) is 52.2 cm³/mol. The molecule has 0 radical (unpaired) electrons. The Balaban J connectivity index is 2.58. The minimum atomic E-state index is -1.24. The average Bonchev–Trinajstić information content (AvgIpc) is 2.10. The highest BCUT2D eigenvalue weighted by atomic mass is 16.4. The molecular weight excluding hydrogens is 200 g/mol. The van der Waals surface area contributed by atoms with Gasteiger partial charge in [-0.3, -0.25) is 4.79 Å². The zero-order valence-corrected chi connectivity index (χ0v) is 8.41. The maximum atomic E-state index is 11.5. The van der Waals surface area contributed by atoms with Gasteiger partial charge in [0.2, 0.25) is 5.91 Å². The minimum absolute atomic E-state index is 0.437. The van der Waals surface area contributed by atoms with E-state index < -0.39 is 24.5 Å². The van der Waals surface area contributed by atoms with Gasteiger partial charge in [-0.1, -0.05) is 0 Å². The zero-order chi connectivity index (χ0) is 11.4. The Bertz CT molecular complexity index is 305. The van der Waals surface area contributed by atoms with E-state index in [1.807, 2.05) is 0 Å². The lowest BCUT2D eigenvalue weighted by molar-refractivity contribution is -0.142. The Morgan fingerprint density at radius 1 is 1.53 bits per heavy atom. The van der Waals surface area contributed by atoms with Crippen LogP contribution in [0.3, 0.4) is 0 Å². The van der Waals surface area contributed by atoms with Crippen molar-refractivity contribution in [3.05, 3.63) is 11.1 Å². The summed E-state index contributed by atoms with van der Waals surface area (Å²) in [6.45, 7) is 2.36. The molecule has 1 aliphatic heterocycles. The van der Waals surface area contributed by atoms with Crippen molar-refractivity contribution in [2.24, 2.45) is 0 Å². The first-order valence-corrected chi connectivity index (χ1v) is 4.60. The Kier molecular flexibility index (Phi) is 3.81. The number of aliphatic hydroxyl groups excluding tert-OH is 1. The van der Waals surface area contributed by atoms with Gasteiger partial charge in [0.25, 0.3) is 0 Å². The van der Waals surface area contributed by atoms with E-state index in [2.05, 4.69) is 10.6 Å². The van der Waals surface area contributed by atoms with Gasteiger partial charge in [-0.25, -0.2) is 4.79 Å². The first-order chi connectivity index (χ1) is 7.06. The van der Waals surface area contributed by atoms with Crippen LogP contribution in [0.1, 0.15) is 6.92 Å². The topological polar surface area (TPSA) is 98.7 Å². The Morgan fingerprint density at radius 3 is 2.47 bits per heavy atom. The van der Waals surface area contributed by atoms with Crippen LogP contribution in [0.4, 0.5) is 0 Å². The third-order valence-electron chi connectivity index (χ3n) is 2.33. The van der Waals surface area contributed by atoms with Crippen LogP contribution in [0.2, 0.25) is 0 Å². The molecule has 1 rings (SSSR count). The highest BCUT2D eigenvalue weighted by Crippen LogP contribution is 2.08. The van der Waals surface area contributed by atoms with Crippen LogP contribution in [-0.4, -0.2) is 47.8 Å². The number of carbonyl (C=O) groups is 2. The average molecular weight is 214 g/mol. The van der Waals surface area contributed by atoms with Crippen LogP contribution in [0.5, 0.6) is 0 Å². The first kappa shape index (κ1) is 11.7. The maximum Gasteiger partial charge on any atom is 0.328 e. The van der Waals surface area contributed by atoms with Crippen molar-refractivity contribution in [2.75, 3.05) is 19.7 Å². The standard InChI is InChI=1S/C9H14N2O4/c1-5(6-2-10-3-6)8(13)11-7(4-12)9(14)15/h7,10,12H,2-4H2,1H3,(H,11,13)(H,14,15). The van der Waals surface area contributed by atoms with Crippen molar-refractivity contribution in [2.45, 2.75) is 13.0 Å². The second kappa shape index (κ2) is 4.90. The number of carboxylic acid groups (broad SMARTS) is 1. The van der Waals surface area contributed by atoms with Gasteiger partial charge < -0.3 is 20.8 Å². The second-order valence-corrected chi connectivity index (χ2v) is 3.38. The molecule has 0 saturated carbocycles. The summed E-state index contributed by atoms with van der Waals surface area (Å²) in [7, 11) is 0. The molecule has 6 nitrogen and oxygen atoms in total. The molecule has 0 aromatic heterocycles. The van der Waals surface area contributed by atoms with Crippen molar-refractivity contribution in [3.8, 4) is 0 Å². The largest absolute Gasteiger partial charge is 0.480 e. The Hall–Kier alpha value is -1.40. The number of aliphatic hydroxyl groups is 1. The smallest absolute Gasteiger partial charge is 0.328 e. The number of hydrogen-bond acceptors (Lipinski definition) is 4. The molecule has 6 heteroatoms. The number of rotatable bonds is 4. The van der Waals surface area contributed by atoms with E-state index in [1.54, 1.807) is 6.92 Å². The molecule has 0 aliphatic carbocycles. The lowest BCUT2D eigenvalue weighted by Crippen LogP contribution is -2.45. The quantitative estimate of drug-likeness (QED) is 0.425. The number of carboxylic acids is 1. The molecule has 4 N–H and O–H groups in total. The van der Waals surface area contributed by atoms with Crippen molar-refractivity contribution < 1.29 is 19.8 Å². The fourth-order valence-corrected chi connectivity index (χ4v) is 1.13. The number of carbonyl (C=O) groups excluding carboxylic acids is 1. The summed E-state index contributed by atoms with van der Waals surface area (Å²) in [6.07, 6.45) is 0. The normalized spacial score (nSPS) is 16.5. The highest BCUT2D eigenvalue weighted by Gasteiger charge is 2.22. The molecule has 1 saturated heterocycles. The number of amides is 1. The summed E-state index contributed by atoms with van der Waals surface area (Å²) in [5.41, 5.74) is 1.49. The molecule has 1 amide bonds. The molecular formula is C9H14N2O4. The molecule has 1 heterocycles. The molecule has 1 unspecified atom stereocenters. The van der Waals surface area contributed by atoms with Gasteiger partial charge in [-0.05, 0) is 12.5 Å². The molecule has 1 atom stereocenters. The Morgan fingerprint density at radius 2 is 2.13 bits per heavy atom. The molecule has 0 aromatic rings. The second-order valence-electron chi connectivity index (χ2n) is 3.38. The lowest BCUT2D eigenvalue weighted by Gasteiger charge is -2.22. The van der Waals surface area contributed by atoms with Crippen molar-refractivity contribution in [1.82, 2.24) is 10.6 Å². The third kappa shape index (κ3) is 2.77. The minimum Gasteiger partial charge on any atom is -0.480 e. The summed E-state index contributed by atoms with van der Waals surface area (Å²) < 4.78 is 0. The van der Waals surface area contributed by atoms with Crippen LogP contribution in [-0.2, 0) is 9.59 Å². The SMILES string of the molecule is CC(C(=O)NC(CO)C(=O)O)=C1CNC1. The summed E-state index contributed by atoms with van der Waals surface area (Å²) >= 11 is 0. The number of aliphatic carboxylic acids is 1. The van der Waals surface area contributed by atoms with E-state index in [0.717, 1.165) is 5.57 Å². The molecule has 84 valence electrons. The van der Waals surface area contributed by atoms with Crippen LogP contribution in [0.25, 0.3) is 0 Å². The van der Waals surface area contributed by atoms with Gasteiger partial charge >= 0.3 is 5.97 Å². The van der Waals surface area contributed by atoms with Crippen LogP contribution in [0, 0.1) is 0 Å². The van der Waals surface area contributed by atoms with E-state index >= 15 is 0 Å². The highest BCUT2D eigenvalue weighted by molar-refractivity contribution is 5.96. The number of nitrogens with one attached hydrogen (secondary N) is 2. The monoisotopic (exact) mass is 214 g/mol. The van der Waals surface area contributed by atoms with Crippen molar-refractivity contribution in [1.29, 1.82) is 0 Å². The van der Waals surface area contributed by atoms with Crippen molar-refractivity contribution >= 4 is 11.9 Å². The summed E-state index contributed by atoms with van der Waals surface area (Å²) in [6, 6.07) is -1.24. The molecule has 1 aliphatic rings. The van der Waals surface area contributed by atoms with Gasteiger partial charge in [0.15, 0.2) is 6.04 Å². The van der Waals surface area contributed by atoms with E-state index in [-0.39, 0.29) is 0 Å². The third-order valence-corrected chi connectivity index (χ3v) is 2.33. The van der Waals surface area contributed by atoms with Crippen molar-refractivity contribution in [3.63, 3.8) is 0 Å². The van der Waals surface area contributed by atoms with Crippen LogP contribution >= 0.6 is 0 Å². The van der Waals surface area contributed by atoms with Gasteiger partial charge in [0.1, 0.15) is 0 Å². The summed E-state index contributed by atoms with van der Waals surface area (Å²) in [5, 5.41) is 22.5. The van der Waals surface area contributed by atoms with E-state index in [0.29, 0.717) is 18.7 Å². The first-order valence-electron chi connectivity index (χ1n) is 4.60. The zero-order valence-electron chi connectivity index (χ0n) is 8.41. The summed E-state index contributed by atoms with van der Waals surface area (Å²) in [4.78, 5) is 22.0. The van der Waals surface area contributed by atoms with Gasteiger partial charge in [-0.15, -0.1) is 0 Å². The van der Waals surface area contributed by atoms with Gasteiger partial charge in [-0.2, -0.15) is 0 Å².